The Kier molecular flexibility index (Phi) is 3.05. The number of H-pyrrole nitrogens is 1. The summed E-state index contributed by atoms with van der Waals surface area (Å²) in [5, 5.41) is 0. The fraction of sp³-hybridized carbons (Fsp3) is 0.273. The topological polar surface area (TPSA) is 42.8 Å². The van der Waals surface area contributed by atoms with Gasteiger partial charge in [-0.25, -0.2) is 4.98 Å². The second kappa shape index (κ2) is 4.49. The summed E-state index contributed by atoms with van der Waals surface area (Å²) in [6, 6.07) is 3.73. The average Bonchev–Trinajstić information content (AvgIpc) is 2.64. The Hall–Kier alpha value is -1.62. The molecule has 84 valence electrons. The molecule has 5 heteroatoms. The molecular formula is C11H13N3OS. The van der Waals surface area contributed by atoms with Crippen LogP contribution in [-0.2, 0) is 0 Å². The van der Waals surface area contributed by atoms with Crippen LogP contribution >= 0.6 is 12.2 Å². The highest BCUT2D eigenvalue weighted by molar-refractivity contribution is 7.71. The summed E-state index contributed by atoms with van der Waals surface area (Å²) in [6.45, 7) is 3.96. The lowest BCUT2D eigenvalue weighted by atomic mass is 10.4. The maximum Gasteiger partial charge on any atom is 0.183 e. The van der Waals surface area contributed by atoms with Crippen molar-refractivity contribution in [2.75, 3.05) is 0 Å². The van der Waals surface area contributed by atoms with Crippen LogP contribution < -0.4 is 4.74 Å². The Morgan fingerprint density at radius 2 is 2.31 bits per heavy atom. The van der Waals surface area contributed by atoms with E-state index in [0.717, 1.165) is 5.75 Å². The molecule has 0 aliphatic heterocycles. The molecule has 16 heavy (non-hydrogen) atoms. The van der Waals surface area contributed by atoms with Crippen LogP contribution in [0.5, 0.6) is 5.75 Å². The van der Waals surface area contributed by atoms with Gasteiger partial charge in [-0.2, -0.15) is 0 Å². The molecule has 0 bridgehead atoms. The maximum absolute atomic E-state index is 5.68. The lowest BCUT2D eigenvalue weighted by Crippen LogP contribution is -2.09. The van der Waals surface area contributed by atoms with Gasteiger partial charge in [-0.1, -0.05) is 0 Å². The number of hydrogen-bond acceptors (Lipinski definition) is 3. The van der Waals surface area contributed by atoms with Crippen molar-refractivity contribution in [3.63, 3.8) is 0 Å². The Balaban J connectivity index is 2.49. The second-order valence-corrected chi connectivity index (χ2v) is 4.01. The maximum atomic E-state index is 5.68. The van der Waals surface area contributed by atoms with Gasteiger partial charge in [0.1, 0.15) is 0 Å². The summed E-state index contributed by atoms with van der Waals surface area (Å²) >= 11 is 5.15. The molecule has 1 N–H and O–H groups in total. The first kappa shape index (κ1) is 10.9. The van der Waals surface area contributed by atoms with Gasteiger partial charge in [-0.3, -0.25) is 4.57 Å². The van der Waals surface area contributed by atoms with Crippen LogP contribution in [0, 0.1) is 4.77 Å². The smallest absolute Gasteiger partial charge is 0.183 e. The number of imidazole rings is 1. The first-order valence-corrected chi connectivity index (χ1v) is 5.47. The van der Waals surface area contributed by atoms with Crippen molar-refractivity contribution >= 4 is 12.2 Å². The van der Waals surface area contributed by atoms with Crippen molar-refractivity contribution in [3.05, 3.63) is 35.5 Å². The fourth-order valence-electron chi connectivity index (χ4n) is 1.40. The molecule has 0 saturated heterocycles. The van der Waals surface area contributed by atoms with Crippen molar-refractivity contribution in [3.8, 4) is 11.6 Å². The van der Waals surface area contributed by atoms with E-state index in [4.69, 9.17) is 17.0 Å². The summed E-state index contributed by atoms with van der Waals surface area (Å²) in [5.41, 5.74) is 0. The fourth-order valence-corrected chi connectivity index (χ4v) is 1.61. The SMILES string of the molecule is CC(C)Oc1cccnc1-n1cc[nH]c1=S. The predicted molar refractivity (Wildman–Crippen MR) is 64.5 cm³/mol. The molecule has 0 aliphatic carbocycles. The third-order valence-electron chi connectivity index (χ3n) is 1.99. The van der Waals surface area contributed by atoms with Crippen LogP contribution in [0.1, 0.15) is 13.8 Å². The van der Waals surface area contributed by atoms with Crippen LogP contribution in [0.2, 0.25) is 0 Å². The lowest BCUT2D eigenvalue weighted by molar-refractivity contribution is 0.241. The van der Waals surface area contributed by atoms with E-state index in [1.807, 2.05) is 32.2 Å². The Morgan fingerprint density at radius 1 is 1.50 bits per heavy atom. The molecule has 0 aromatic carbocycles. The Labute approximate surface area is 98.9 Å². The third kappa shape index (κ3) is 2.14. The molecule has 2 rings (SSSR count). The van der Waals surface area contributed by atoms with Gasteiger partial charge in [0, 0.05) is 18.6 Å². The van der Waals surface area contributed by atoms with E-state index in [1.165, 1.54) is 0 Å². The highest BCUT2D eigenvalue weighted by Gasteiger charge is 2.08. The van der Waals surface area contributed by atoms with Gasteiger partial charge in [0.15, 0.2) is 16.3 Å². The van der Waals surface area contributed by atoms with Gasteiger partial charge in [-0.05, 0) is 38.2 Å². The van der Waals surface area contributed by atoms with Crippen molar-refractivity contribution < 1.29 is 4.74 Å². The van der Waals surface area contributed by atoms with Crippen LogP contribution in [0.3, 0.4) is 0 Å². The minimum atomic E-state index is 0.107. The summed E-state index contributed by atoms with van der Waals surface area (Å²) in [4.78, 5) is 7.22. The van der Waals surface area contributed by atoms with Crippen molar-refractivity contribution in [2.45, 2.75) is 20.0 Å². The first-order valence-electron chi connectivity index (χ1n) is 5.06. The zero-order chi connectivity index (χ0) is 11.5. The van der Waals surface area contributed by atoms with Gasteiger partial charge in [-0.15, -0.1) is 0 Å². The monoisotopic (exact) mass is 235 g/mol. The van der Waals surface area contributed by atoms with Gasteiger partial charge in [0.05, 0.1) is 6.10 Å². The number of rotatable bonds is 3. The highest BCUT2D eigenvalue weighted by Crippen LogP contribution is 2.21. The summed E-state index contributed by atoms with van der Waals surface area (Å²) < 4.78 is 8.07. The number of hydrogen-bond donors (Lipinski definition) is 1. The normalized spacial score (nSPS) is 10.7. The Morgan fingerprint density at radius 3 is 2.94 bits per heavy atom. The zero-order valence-electron chi connectivity index (χ0n) is 9.18. The molecular weight excluding hydrogens is 222 g/mol. The molecule has 0 radical (unpaired) electrons. The standard InChI is InChI=1S/C11H13N3OS/c1-8(2)15-9-4-3-5-12-10(9)14-7-6-13-11(14)16/h3-8H,1-2H3,(H,13,16). The highest BCUT2D eigenvalue weighted by atomic mass is 32.1. The van der Waals surface area contributed by atoms with E-state index in [2.05, 4.69) is 9.97 Å². The van der Waals surface area contributed by atoms with Gasteiger partial charge in [0.2, 0.25) is 0 Å². The molecule has 4 nitrogen and oxygen atoms in total. The number of pyridine rings is 1. The van der Waals surface area contributed by atoms with E-state index in [1.54, 1.807) is 17.0 Å². The zero-order valence-corrected chi connectivity index (χ0v) is 9.99. The Bertz CT molecular complexity index is 530. The molecule has 0 aliphatic rings. The lowest BCUT2D eigenvalue weighted by Gasteiger charge is -2.13. The van der Waals surface area contributed by atoms with E-state index >= 15 is 0 Å². The predicted octanol–water partition coefficient (Wildman–Crippen LogP) is 2.72. The van der Waals surface area contributed by atoms with Crippen LogP contribution in [0.25, 0.3) is 5.82 Å². The number of aromatic nitrogens is 3. The minimum Gasteiger partial charge on any atom is -0.487 e. The van der Waals surface area contributed by atoms with E-state index in [-0.39, 0.29) is 6.10 Å². The van der Waals surface area contributed by atoms with Gasteiger partial charge >= 0.3 is 0 Å². The third-order valence-corrected chi connectivity index (χ3v) is 2.31. The number of nitrogens with zero attached hydrogens (tertiary/aromatic N) is 2. The summed E-state index contributed by atoms with van der Waals surface area (Å²) in [5.74, 6) is 1.44. The molecule has 0 amide bonds. The van der Waals surface area contributed by atoms with Crippen molar-refractivity contribution in [1.82, 2.24) is 14.5 Å². The molecule has 0 saturated carbocycles. The second-order valence-electron chi connectivity index (χ2n) is 3.63. The molecule has 0 fully saturated rings. The molecule has 0 spiro atoms. The molecule has 2 aromatic rings. The molecule has 0 atom stereocenters. The van der Waals surface area contributed by atoms with Crippen molar-refractivity contribution in [2.24, 2.45) is 0 Å². The minimum absolute atomic E-state index is 0.107. The van der Waals surface area contributed by atoms with Crippen LogP contribution in [-0.4, -0.2) is 20.6 Å². The van der Waals surface area contributed by atoms with Gasteiger partial charge < -0.3 is 9.72 Å². The largest absolute Gasteiger partial charge is 0.487 e. The van der Waals surface area contributed by atoms with E-state index < -0.39 is 0 Å². The summed E-state index contributed by atoms with van der Waals surface area (Å²) in [7, 11) is 0. The van der Waals surface area contributed by atoms with E-state index in [9.17, 15) is 0 Å². The quantitative estimate of drug-likeness (QED) is 0.832. The number of ether oxygens (including phenoxy) is 1. The first-order chi connectivity index (χ1) is 7.68. The summed E-state index contributed by atoms with van der Waals surface area (Å²) in [6.07, 6.45) is 5.43. The van der Waals surface area contributed by atoms with E-state index in [0.29, 0.717) is 10.6 Å². The van der Waals surface area contributed by atoms with Gasteiger partial charge in [0.25, 0.3) is 0 Å². The average molecular weight is 235 g/mol. The molecule has 2 aromatic heterocycles. The molecule has 0 unspecified atom stereocenters. The van der Waals surface area contributed by atoms with Crippen LogP contribution in [0.15, 0.2) is 30.7 Å². The number of nitrogens with one attached hydrogen (secondary N) is 1. The number of aromatic amines is 1. The van der Waals surface area contributed by atoms with Crippen molar-refractivity contribution in [1.29, 1.82) is 0 Å². The van der Waals surface area contributed by atoms with Crippen LogP contribution in [0.4, 0.5) is 0 Å². The molecule has 2 heterocycles.